The van der Waals surface area contributed by atoms with Crippen LogP contribution in [0.5, 0.6) is 0 Å². The Morgan fingerprint density at radius 3 is 2.73 bits per heavy atom. The fourth-order valence-corrected chi connectivity index (χ4v) is 2.75. The molecule has 0 N–H and O–H groups in total. The van der Waals surface area contributed by atoms with E-state index in [1.807, 2.05) is 47.4 Å². The van der Waals surface area contributed by atoms with E-state index >= 15 is 0 Å². The van der Waals surface area contributed by atoms with Crippen LogP contribution < -0.4 is 0 Å². The Kier molecular flexibility index (Phi) is 4.55. The van der Waals surface area contributed by atoms with Crippen molar-refractivity contribution < 1.29 is 4.79 Å². The molecule has 2 aromatic heterocycles. The van der Waals surface area contributed by atoms with Gasteiger partial charge in [0.1, 0.15) is 5.69 Å². The van der Waals surface area contributed by atoms with Gasteiger partial charge >= 0.3 is 0 Å². The van der Waals surface area contributed by atoms with Gasteiger partial charge in [-0.2, -0.15) is 9.90 Å². The van der Waals surface area contributed by atoms with Gasteiger partial charge in [-0.1, -0.05) is 24.3 Å². The smallest absolute Gasteiger partial charge is 0.247 e. The number of nitrogens with zero attached hydrogens (tertiary/aromatic N) is 5. The lowest BCUT2D eigenvalue weighted by Crippen LogP contribution is -2.31. The second-order valence-electron chi connectivity index (χ2n) is 6.29. The molecule has 130 valence electrons. The van der Waals surface area contributed by atoms with Crippen molar-refractivity contribution in [3.63, 3.8) is 0 Å². The first-order valence-electron chi connectivity index (χ1n) is 8.65. The van der Waals surface area contributed by atoms with Crippen LogP contribution in [0.25, 0.3) is 11.8 Å². The average Bonchev–Trinajstić information content (AvgIpc) is 3.42. The first-order chi connectivity index (χ1) is 12.8. The molecule has 0 unspecified atom stereocenters. The standard InChI is InChI=1S/C20H19N5O/c26-20(24(18-9-10-18)15-16-5-4-12-21-13-16)11-8-17-14-22-25(23-17)19-6-2-1-3-7-19/h1-8,11-14,18H,9-10,15H2/b11-8+. The molecule has 0 saturated heterocycles. The maximum atomic E-state index is 12.6. The number of hydrogen-bond acceptors (Lipinski definition) is 4. The molecule has 6 nitrogen and oxygen atoms in total. The molecule has 2 heterocycles. The maximum Gasteiger partial charge on any atom is 0.247 e. The number of amides is 1. The molecule has 26 heavy (non-hydrogen) atoms. The van der Waals surface area contributed by atoms with Crippen molar-refractivity contribution in [1.82, 2.24) is 24.9 Å². The van der Waals surface area contributed by atoms with Gasteiger partial charge in [-0.05, 0) is 42.7 Å². The molecule has 1 amide bonds. The van der Waals surface area contributed by atoms with Crippen molar-refractivity contribution in [2.45, 2.75) is 25.4 Å². The van der Waals surface area contributed by atoms with E-state index in [-0.39, 0.29) is 5.91 Å². The van der Waals surface area contributed by atoms with Crippen LogP contribution in [-0.4, -0.2) is 36.8 Å². The molecule has 1 aliphatic carbocycles. The SMILES string of the molecule is O=C(/C=C/c1cnn(-c2ccccc2)n1)N(Cc1cccnc1)C1CC1. The van der Waals surface area contributed by atoms with Crippen molar-refractivity contribution in [2.24, 2.45) is 0 Å². The lowest BCUT2D eigenvalue weighted by atomic mass is 10.2. The normalized spacial score (nSPS) is 13.8. The molecule has 1 aliphatic rings. The molecular formula is C20H19N5O. The molecule has 1 fully saturated rings. The van der Waals surface area contributed by atoms with E-state index in [9.17, 15) is 4.79 Å². The monoisotopic (exact) mass is 345 g/mol. The Bertz CT molecular complexity index is 900. The van der Waals surface area contributed by atoms with Gasteiger partial charge in [-0.15, -0.1) is 5.10 Å². The molecule has 6 heteroatoms. The Morgan fingerprint density at radius 1 is 1.15 bits per heavy atom. The van der Waals surface area contributed by atoms with Crippen LogP contribution in [0.2, 0.25) is 0 Å². The summed E-state index contributed by atoms with van der Waals surface area (Å²) in [7, 11) is 0. The summed E-state index contributed by atoms with van der Waals surface area (Å²) >= 11 is 0. The molecular weight excluding hydrogens is 326 g/mol. The highest BCUT2D eigenvalue weighted by atomic mass is 16.2. The van der Waals surface area contributed by atoms with E-state index in [0.29, 0.717) is 18.3 Å². The second kappa shape index (κ2) is 7.31. The van der Waals surface area contributed by atoms with E-state index in [2.05, 4.69) is 15.2 Å². The van der Waals surface area contributed by atoms with Gasteiger partial charge in [0.15, 0.2) is 0 Å². The predicted octanol–water partition coefficient (Wildman–Crippen LogP) is 2.87. The van der Waals surface area contributed by atoms with Crippen molar-refractivity contribution >= 4 is 12.0 Å². The van der Waals surface area contributed by atoms with Gasteiger partial charge in [0.25, 0.3) is 0 Å². The quantitative estimate of drug-likeness (QED) is 0.645. The fraction of sp³-hybridized carbons (Fsp3) is 0.200. The Morgan fingerprint density at radius 2 is 2.00 bits per heavy atom. The van der Waals surface area contributed by atoms with Crippen LogP contribution in [0.4, 0.5) is 0 Å². The summed E-state index contributed by atoms with van der Waals surface area (Å²) in [4.78, 5) is 20.2. The third-order valence-electron chi connectivity index (χ3n) is 4.24. The number of aromatic nitrogens is 4. The summed E-state index contributed by atoms with van der Waals surface area (Å²) in [6.45, 7) is 0.582. The van der Waals surface area contributed by atoms with Gasteiger partial charge < -0.3 is 4.90 Å². The zero-order valence-electron chi connectivity index (χ0n) is 14.3. The molecule has 0 atom stereocenters. The van der Waals surface area contributed by atoms with Gasteiger partial charge in [-0.3, -0.25) is 9.78 Å². The van der Waals surface area contributed by atoms with Crippen molar-refractivity contribution in [3.05, 3.63) is 78.4 Å². The largest absolute Gasteiger partial charge is 0.332 e. The third-order valence-corrected chi connectivity index (χ3v) is 4.24. The highest BCUT2D eigenvalue weighted by Gasteiger charge is 2.31. The summed E-state index contributed by atoms with van der Waals surface area (Å²) in [5, 5.41) is 8.64. The van der Waals surface area contributed by atoms with Crippen LogP contribution >= 0.6 is 0 Å². The van der Waals surface area contributed by atoms with Gasteiger partial charge in [0.05, 0.1) is 11.9 Å². The molecule has 0 radical (unpaired) electrons. The Balaban J connectivity index is 1.45. The predicted molar refractivity (Wildman–Crippen MR) is 98.2 cm³/mol. The van der Waals surface area contributed by atoms with Gasteiger partial charge in [-0.25, -0.2) is 0 Å². The fourth-order valence-electron chi connectivity index (χ4n) is 2.75. The summed E-state index contributed by atoms with van der Waals surface area (Å²) < 4.78 is 0. The maximum absolute atomic E-state index is 12.6. The molecule has 1 aromatic carbocycles. The van der Waals surface area contributed by atoms with Crippen molar-refractivity contribution in [1.29, 1.82) is 0 Å². The first kappa shape index (κ1) is 16.2. The average molecular weight is 345 g/mol. The lowest BCUT2D eigenvalue weighted by molar-refractivity contribution is -0.127. The number of pyridine rings is 1. The Labute approximate surface area is 151 Å². The number of hydrogen-bond donors (Lipinski definition) is 0. The van der Waals surface area contributed by atoms with E-state index in [4.69, 9.17) is 0 Å². The number of carbonyl (C=O) groups is 1. The minimum absolute atomic E-state index is 0.00869. The van der Waals surface area contributed by atoms with E-state index in [1.54, 1.807) is 35.5 Å². The van der Waals surface area contributed by atoms with Crippen LogP contribution in [0.3, 0.4) is 0 Å². The highest BCUT2D eigenvalue weighted by Crippen LogP contribution is 2.28. The summed E-state index contributed by atoms with van der Waals surface area (Å²) in [5.74, 6) is -0.00869. The number of para-hydroxylation sites is 1. The summed E-state index contributed by atoms with van der Waals surface area (Å²) in [6.07, 6.45) is 10.6. The van der Waals surface area contributed by atoms with Crippen LogP contribution in [0.1, 0.15) is 24.1 Å². The topological polar surface area (TPSA) is 63.9 Å². The van der Waals surface area contributed by atoms with E-state index < -0.39 is 0 Å². The summed E-state index contributed by atoms with van der Waals surface area (Å²) in [6, 6.07) is 13.9. The zero-order chi connectivity index (χ0) is 17.8. The van der Waals surface area contributed by atoms with Crippen molar-refractivity contribution in [2.75, 3.05) is 0 Å². The van der Waals surface area contributed by atoms with E-state index in [0.717, 1.165) is 24.1 Å². The van der Waals surface area contributed by atoms with Crippen LogP contribution in [0.15, 0.2) is 67.1 Å². The van der Waals surface area contributed by atoms with E-state index in [1.165, 1.54) is 0 Å². The number of carbonyl (C=O) groups excluding carboxylic acids is 1. The molecule has 4 rings (SSSR count). The first-order valence-corrected chi connectivity index (χ1v) is 8.65. The lowest BCUT2D eigenvalue weighted by Gasteiger charge is -2.20. The molecule has 0 aliphatic heterocycles. The number of benzene rings is 1. The minimum atomic E-state index is -0.00869. The Hall–Kier alpha value is -3.28. The van der Waals surface area contributed by atoms with Crippen LogP contribution in [-0.2, 0) is 11.3 Å². The molecule has 1 saturated carbocycles. The summed E-state index contributed by atoms with van der Waals surface area (Å²) in [5.41, 5.74) is 2.57. The minimum Gasteiger partial charge on any atom is -0.332 e. The highest BCUT2D eigenvalue weighted by molar-refractivity contribution is 5.91. The van der Waals surface area contributed by atoms with Gasteiger partial charge in [0, 0.05) is 31.1 Å². The van der Waals surface area contributed by atoms with Gasteiger partial charge in [0.2, 0.25) is 5.91 Å². The third kappa shape index (κ3) is 3.85. The molecule has 3 aromatic rings. The van der Waals surface area contributed by atoms with Crippen molar-refractivity contribution in [3.8, 4) is 5.69 Å². The van der Waals surface area contributed by atoms with Crippen LogP contribution in [0, 0.1) is 0 Å². The molecule has 0 bridgehead atoms. The molecule has 0 spiro atoms. The number of rotatable bonds is 6. The zero-order valence-corrected chi connectivity index (χ0v) is 14.3. The second-order valence-corrected chi connectivity index (χ2v) is 6.29.